The molecule has 0 aliphatic heterocycles. The lowest BCUT2D eigenvalue weighted by Crippen LogP contribution is -2.33. The highest BCUT2D eigenvalue weighted by atomic mass is 16.5. The number of aliphatic hydroxyl groups excluding tert-OH is 1. The minimum atomic E-state index is -0.603. The summed E-state index contributed by atoms with van der Waals surface area (Å²) in [5.41, 5.74) is 0.182. The molecular weight excluding hydrogens is 300 g/mol. The fourth-order valence-corrected chi connectivity index (χ4v) is 1.97. The summed E-state index contributed by atoms with van der Waals surface area (Å²) in [6.45, 7) is 1.95. The highest BCUT2D eigenvalue weighted by Crippen LogP contribution is 2.18. The fourth-order valence-electron chi connectivity index (χ4n) is 1.97. The van der Waals surface area contributed by atoms with Crippen molar-refractivity contribution in [1.82, 2.24) is 9.88 Å². The second kappa shape index (κ2) is 7.64. The molecule has 0 bridgehead atoms. The van der Waals surface area contributed by atoms with Crippen LogP contribution < -0.4 is 9.47 Å². The van der Waals surface area contributed by atoms with Crippen molar-refractivity contribution in [2.75, 3.05) is 20.7 Å². The first-order valence-electron chi connectivity index (χ1n) is 7.14. The predicted molar refractivity (Wildman–Crippen MR) is 82.5 cm³/mol. The van der Waals surface area contributed by atoms with E-state index in [9.17, 15) is 9.90 Å². The largest absolute Gasteiger partial charge is 0.497 e. The molecule has 2 rings (SSSR count). The minimum Gasteiger partial charge on any atom is -0.497 e. The molecule has 1 heterocycles. The number of likely N-dealkylation sites (N-methyl/N-ethyl adjacent to an activating group) is 1. The Morgan fingerprint density at radius 1 is 1.35 bits per heavy atom. The van der Waals surface area contributed by atoms with E-state index in [1.165, 1.54) is 11.2 Å². The molecule has 1 N–H and O–H groups in total. The van der Waals surface area contributed by atoms with Crippen molar-refractivity contribution in [3.8, 4) is 11.5 Å². The summed E-state index contributed by atoms with van der Waals surface area (Å²) < 4.78 is 15.8. The van der Waals surface area contributed by atoms with Crippen LogP contribution in [0.2, 0.25) is 0 Å². The van der Waals surface area contributed by atoms with E-state index in [1.54, 1.807) is 45.3 Å². The van der Waals surface area contributed by atoms with E-state index in [2.05, 4.69) is 4.98 Å². The molecular formula is C16H20N2O5. The van der Waals surface area contributed by atoms with E-state index >= 15 is 0 Å². The molecule has 7 nitrogen and oxygen atoms in total. The van der Waals surface area contributed by atoms with Crippen LogP contribution >= 0.6 is 0 Å². The average molecular weight is 320 g/mol. The minimum absolute atomic E-state index is 0.111. The van der Waals surface area contributed by atoms with Crippen LogP contribution in [0.1, 0.15) is 23.3 Å². The number of hydrogen-bond donors (Lipinski definition) is 1. The van der Waals surface area contributed by atoms with Gasteiger partial charge in [-0.15, -0.1) is 0 Å². The first-order valence-corrected chi connectivity index (χ1v) is 7.14. The van der Waals surface area contributed by atoms with Gasteiger partial charge >= 0.3 is 0 Å². The van der Waals surface area contributed by atoms with Gasteiger partial charge in [0.25, 0.3) is 5.91 Å². The van der Waals surface area contributed by atoms with Gasteiger partial charge in [-0.1, -0.05) is 0 Å². The number of benzene rings is 1. The molecule has 0 saturated carbocycles. The van der Waals surface area contributed by atoms with Crippen LogP contribution in [0.15, 0.2) is 34.9 Å². The summed E-state index contributed by atoms with van der Waals surface area (Å²) in [6.07, 6.45) is 0.682. The molecule has 0 radical (unpaired) electrons. The Morgan fingerprint density at radius 3 is 2.61 bits per heavy atom. The number of carbonyl (C=O) groups is 1. The van der Waals surface area contributed by atoms with Gasteiger partial charge in [-0.3, -0.25) is 4.79 Å². The molecule has 124 valence electrons. The highest BCUT2D eigenvalue weighted by Gasteiger charge is 2.18. The number of methoxy groups -OCH3 is 1. The fraction of sp³-hybridized carbons (Fsp3) is 0.375. The monoisotopic (exact) mass is 320 g/mol. The second-order valence-corrected chi connectivity index (χ2v) is 5.13. The Morgan fingerprint density at radius 2 is 2.00 bits per heavy atom. The summed E-state index contributed by atoms with van der Waals surface area (Å²) >= 11 is 0. The molecule has 1 atom stereocenters. The maximum absolute atomic E-state index is 12.1. The third-order valence-electron chi connectivity index (χ3n) is 3.08. The molecule has 23 heavy (non-hydrogen) atoms. The Balaban J connectivity index is 1.92. The van der Waals surface area contributed by atoms with Crippen molar-refractivity contribution >= 4 is 5.91 Å². The molecule has 1 amide bonds. The van der Waals surface area contributed by atoms with Crippen LogP contribution in [0.5, 0.6) is 11.5 Å². The molecule has 2 aromatic rings. The van der Waals surface area contributed by atoms with E-state index in [-0.39, 0.29) is 24.8 Å². The van der Waals surface area contributed by atoms with Crippen molar-refractivity contribution in [3.63, 3.8) is 0 Å². The van der Waals surface area contributed by atoms with Crippen LogP contribution in [-0.2, 0) is 6.61 Å². The van der Waals surface area contributed by atoms with Crippen molar-refractivity contribution < 1.29 is 23.8 Å². The lowest BCUT2D eigenvalue weighted by atomic mass is 10.3. The lowest BCUT2D eigenvalue weighted by molar-refractivity contribution is 0.0698. The summed E-state index contributed by atoms with van der Waals surface area (Å²) in [7, 11) is 3.19. The van der Waals surface area contributed by atoms with Gasteiger partial charge in [-0.2, -0.15) is 0 Å². The van der Waals surface area contributed by atoms with Gasteiger partial charge in [0.15, 0.2) is 12.3 Å². The summed E-state index contributed by atoms with van der Waals surface area (Å²) in [5, 5.41) is 9.30. The van der Waals surface area contributed by atoms with Gasteiger partial charge in [0.2, 0.25) is 5.89 Å². The van der Waals surface area contributed by atoms with Crippen LogP contribution in [0.25, 0.3) is 0 Å². The maximum Gasteiger partial charge on any atom is 0.275 e. The number of nitrogens with zero attached hydrogens (tertiary/aromatic N) is 2. The molecule has 7 heteroatoms. The van der Waals surface area contributed by atoms with Crippen molar-refractivity contribution in [2.24, 2.45) is 0 Å². The zero-order valence-corrected chi connectivity index (χ0v) is 13.4. The molecule has 1 aromatic heterocycles. The van der Waals surface area contributed by atoms with E-state index in [1.807, 2.05) is 0 Å². The van der Waals surface area contributed by atoms with E-state index < -0.39 is 6.10 Å². The highest BCUT2D eigenvalue weighted by molar-refractivity contribution is 5.91. The number of amides is 1. The van der Waals surface area contributed by atoms with Crippen molar-refractivity contribution in [1.29, 1.82) is 0 Å². The molecule has 0 spiro atoms. The first kappa shape index (κ1) is 16.8. The Hall–Kier alpha value is -2.54. The first-order chi connectivity index (χ1) is 11.0. The van der Waals surface area contributed by atoms with Gasteiger partial charge in [0, 0.05) is 13.6 Å². The SMILES string of the molecule is COc1ccc(OCc2nc(C(=O)N(C)C[C@@H](C)O)co2)cc1. The smallest absolute Gasteiger partial charge is 0.275 e. The van der Waals surface area contributed by atoms with Gasteiger partial charge in [0.1, 0.15) is 17.8 Å². The summed E-state index contributed by atoms with van der Waals surface area (Å²) in [6, 6.07) is 7.10. The van der Waals surface area contributed by atoms with Crippen molar-refractivity contribution in [3.05, 3.63) is 42.1 Å². The van der Waals surface area contributed by atoms with Gasteiger partial charge in [0.05, 0.1) is 13.2 Å². The molecule has 0 unspecified atom stereocenters. The van der Waals surface area contributed by atoms with Gasteiger partial charge in [-0.25, -0.2) is 4.98 Å². The van der Waals surface area contributed by atoms with Gasteiger partial charge < -0.3 is 23.9 Å². The predicted octanol–water partition coefficient (Wildman–Crippen LogP) is 1.72. The Bertz CT molecular complexity index is 636. The topological polar surface area (TPSA) is 85.0 Å². The quantitative estimate of drug-likeness (QED) is 0.836. The number of rotatable bonds is 7. The summed E-state index contributed by atoms with van der Waals surface area (Å²) in [4.78, 5) is 17.6. The van der Waals surface area contributed by atoms with Crippen LogP contribution in [-0.4, -0.2) is 47.7 Å². The summed E-state index contributed by atoms with van der Waals surface area (Å²) in [5.74, 6) is 1.37. The van der Waals surface area contributed by atoms with E-state index in [0.29, 0.717) is 11.6 Å². The van der Waals surface area contributed by atoms with E-state index in [4.69, 9.17) is 13.9 Å². The standard InChI is InChI=1S/C16H20N2O5/c1-11(19)8-18(2)16(20)14-9-23-15(17-14)10-22-13-6-4-12(21-3)5-7-13/h4-7,9,11,19H,8,10H2,1-3H3/t11-/m1/s1. The van der Waals surface area contributed by atoms with Gasteiger partial charge in [-0.05, 0) is 31.2 Å². The van der Waals surface area contributed by atoms with E-state index in [0.717, 1.165) is 5.75 Å². The third-order valence-corrected chi connectivity index (χ3v) is 3.08. The number of aromatic nitrogens is 1. The molecule has 0 fully saturated rings. The molecule has 0 saturated heterocycles. The lowest BCUT2D eigenvalue weighted by Gasteiger charge is -2.16. The Labute approximate surface area is 134 Å². The van der Waals surface area contributed by atoms with Crippen LogP contribution in [0, 0.1) is 0 Å². The zero-order valence-electron chi connectivity index (χ0n) is 13.4. The van der Waals surface area contributed by atoms with Crippen molar-refractivity contribution in [2.45, 2.75) is 19.6 Å². The molecule has 1 aromatic carbocycles. The maximum atomic E-state index is 12.1. The normalized spacial score (nSPS) is 11.8. The second-order valence-electron chi connectivity index (χ2n) is 5.13. The number of carbonyl (C=O) groups excluding carboxylic acids is 1. The number of ether oxygens (including phenoxy) is 2. The molecule has 0 aliphatic carbocycles. The van der Waals surface area contributed by atoms with Crippen LogP contribution in [0.3, 0.4) is 0 Å². The van der Waals surface area contributed by atoms with Crippen LogP contribution in [0.4, 0.5) is 0 Å². The Kier molecular flexibility index (Phi) is 5.59. The number of hydrogen-bond acceptors (Lipinski definition) is 6. The zero-order chi connectivity index (χ0) is 16.8. The average Bonchev–Trinajstić information content (AvgIpc) is 3.01. The third kappa shape index (κ3) is 4.72. The molecule has 0 aliphatic rings. The number of oxazole rings is 1. The number of aliphatic hydroxyl groups is 1.